The molecule has 1 fully saturated rings. The van der Waals surface area contributed by atoms with Crippen LogP contribution in [-0.4, -0.2) is 11.5 Å². The van der Waals surface area contributed by atoms with Gasteiger partial charge in [0.25, 0.3) is 0 Å². The van der Waals surface area contributed by atoms with E-state index in [-0.39, 0.29) is 0 Å². The zero-order valence-electron chi connectivity index (χ0n) is 11.6. The highest BCUT2D eigenvalue weighted by Crippen LogP contribution is 2.67. The minimum Gasteiger partial charge on any atom is -0.309 e. The van der Waals surface area contributed by atoms with Crippen LogP contribution in [0.5, 0.6) is 0 Å². The van der Waals surface area contributed by atoms with Gasteiger partial charge < -0.3 is 5.32 Å². The molecule has 1 atom stereocenters. The lowest BCUT2D eigenvalue weighted by Gasteiger charge is -2.13. The quantitative estimate of drug-likeness (QED) is 0.860. The van der Waals surface area contributed by atoms with E-state index >= 15 is 0 Å². The summed E-state index contributed by atoms with van der Waals surface area (Å²) in [6.07, 6.45) is 1.86. The van der Waals surface area contributed by atoms with Gasteiger partial charge in [-0.1, -0.05) is 33.8 Å². The lowest BCUT2D eigenvalue weighted by molar-refractivity contribution is 0.457. The molecule has 1 aliphatic rings. The molecule has 0 spiro atoms. The predicted octanol–water partition coefficient (Wildman–Crippen LogP) is 3.41. The molecular formula is C15H24N2. The Morgan fingerprint density at radius 1 is 1.24 bits per heavy atom. The molecule has 1 N–H and O–H groups in total. The van der Waals surface area contributed by atoms with E-state index in [1.807, 2.05) is 18.3 Å². The molecular weight excluding hydrogens is 208 g/mol. The fraction of sp³-hybridized carbons (Fsp3) is 0.667. The molecule has 1 saturated carbocycles. The first kappa shape index (κ1) is 12.6. The summed E-state index contributed by atoms with van der Waals surface area (Å²) in [7, 11) is 0. The molecule has 0 bridgehead atoms. The van der Waals surface area contributed by atoms with Gasteiger partial charge in [-0.15, -0.1) is 0 Å². The maximum atomic E-state index is 4.39. The van der Waals surface area contributed by atoms with Crippen molar-refractivity contribution in [2.75, 3.05) is 6.54 Å². The third-order valence-electron chi connectivity index (χ3n) is 5.08. The molecule has 17 heavy (non-hydrogen) atoms. The lowest BCUT2D eigenvalue weighted by Crippen LogP contribution is -2.23. The molecule has 1 aromatic heterocycles. The van der Waals surface area contributed by atoms with Gasteiger partial charge in [-0.05, 0) is 42.3 Å². The van der Waals surface area contributed by atoms with Crippen LogP contribution in [0.3, 0.4) is 0 Å². The Balaban J connectivity index is 1.89. The number of pyridine rings is 1. The molecule has 0 aromatic carbocycles. The molecule has 1 aliphatic carbocycles. The summed E-state index contributed by atoms with van der Waals surface area (Å²) in [5.74, 6) is 0.765. The van der Waals surface area contributed by atoms with Gasteiger partial charge in [0, 0.05) is 12.2 Å². The Labute approximate surface area is 105 Å². The van der Waals surface area contributed by atoms with Gasteiger partial charge in [-0.2, -0.15) is 0 Å². The second-order valence-electron chi connectivity index (χ2n) is 6.38. The predicted molar refractivity (Wildman–Crippen MR) is 71.7 cm³/mol. The number of nitrogens with one attached hydrogen (secondary N) is 1. The minimum absolute atomic E-state index is 0.336. The number of nitrogens with zero attached hydrogens (tertiary/aromatic N) is 1. The summed E-state index contributed by atoms with van der Waals surface area (Å²) in [5, 5.41) is 3.61. The molecule has 94 valence electrons. The molecule has 2 nitrogen and oxygen atoms in total. The van der Waals surface area contributed by atoms with Crippen molar-refractivity contribution in [3.05, 3.63) is 30.1 Å². The SMILES string of the molecule is CC(NCC1C(C)(C)C1(C)C)c1ccccn1. The molecule has 1 unspecified atom stereocenters. The van der Waals surface area contributed by atoms with Crippen LogP contribution in [0.2, 0.25) is 0 Å². The normalized spacial score (nSPS) is 23.4. The largest absolute Gasteiger partial charge is 0.309 e. The first-order chi connectivity index (χ1) is 7.87. The van der Waals surface area contributed by atoms with Crippen molar-refractivity contribution in [2.45, 2.75) is 40.7 Å². The van der Waals surface area contributed by atoms with E-state index in [0.717, 1.165) is 18.2 Å². The molecule has 0 radical (unpaired) electrons. The molecule has 1 heterocycles. The van der Waals surface area contributed by atoms with Gasteiger partial charge in [0.05, 0.1) is 5.69 Å². The van der Waals surface area contributed by atoms with Gasteiger partial charge in [0.2, 0.25) is 0 Å². The van der Waals surface area contributed by atoms with Crippen LogP contribution in [0.25, 0.3) is 0 Å². The van der Waals surface area contributed by atoms with Crippen molar-refractivity contribution in [3.8, 4) is 0 Å². The summed E-state index contributed by atoms with van der Waals surface area (Å²) < 4.78 is 0. The Bertz CT molecular complexity index is 367. The maximum Gasteiger partial charge on any atom is 0.0570 e. The minimum atomic E-state index is 0.336. The second kappa shape index (κ2) is 4.09. The number of aromatic nitrogens is 1. The summed E-state index contributed by atoms with van der Waals surface area (Å²) >= 11 is 0. The van der Waals surface area contributed by atoms with Crippen molar-refractivity contribution >= 4 is 0 Å². The topological polar surface area (TPSA) is 24.9 Å². The first-order valence-corrected chi connectivity index (χ1v) is 6.51. The Morgan fingerprint density at radius 3 is 2.35 bits per heavy atom. The standard InChI is InChI=1S/C15H24N2/c1-11(12-8-6-7-9-16-12)17-10-13-14(2,3)15(13,4)5/h6-9,11,13,17H,10H2,1-5H3. The van der Waals surface area contributed by atoms with E-state index in [0.29, 0.717) is 16.9 Å². The van der Waals surface area contributed by atoms with Gasteiger partial charge in [0.15, 0.2) is 0 Å². The highest BCUT2D eigenvalue weighted by molar-refractivity contribution is 5.14. The molecule has 1 aromatic rings. The lowest BCUT2D eigenvalue weighted by atomic mass is 10.0. The van der Waals surface area contributed by atoms with E-state index in [4.69, 9.17) is 0 Å². The summed E-state index contributed by atoms with van der Waals surface area (Å²) in [5.41, 5.74) is 2.05. The third kappa shape index (κ3) is 2.11. The van der Waals surface area contributed by atoms with E-state index in [2.05, 4.69) is 51.0 Å². The van der Waals surface area contributed by atoms with Gasteiger partial charge >= 0.3 is 0 Å². The summed E-state index contributed by atoms with van der Waals surface area (Å²) in [6, 6.07) is 6.43. The van der Waals surface area contributed by atoms with Crippen LogP contribution >= 0.6 is 0 Å². The molecule has 2 heteroatoms. The molecule has 2 rings (SSSR count). The fourth-order valence-corrected chi connectivity index (χ4v) is 2.87. The van der Waals surface area contributed by atoms with Crippen molar-refractivity contribution in [2.24, 2.45) is 16.7 Å². The van der Waals surface area contributed by atoms with E-state index in [1.54, 1.807) is 0 Å². The van der Waals surface area contributed by atoms with Crippen LogP contribution < -0.4 is 5.32 Å². The van der Waals surface area contributed by atoms with Crippen LogP contribution in [0.1, 0.15) is 46.4 Å². The Morgan fingerprint density at radius 2 is 1.88 bits per heavy atom. The van der Waals surface area contributed by atoms with Gasteiger partial charge in [-0.25, -0.2) is 0 Å². The highest BCUT2D eigenvalue weighted by Gasteiger charge is 2.63. The van der Waals surface area contributed by atoms with Crippen LogP contribution in [-0.2, 0) is 0 Å². The number of rotatable bonds is 4. The van der Waals surface area contributed by atoms with Crippen LogP contribution in [0.15, 0.2) is 24.4 Å². The maximum absolute atomic E-state index is 4.39. The van der Waals surface area contributed by atoms with Crippen LogP contribution in [0, 0.1) is 16.7 Å². The highest BCUT2D eigenvalue weighted by atomic mass is 15.0. The first-order valence-electron chi connectivity index (χ1n) is 6.51. The second-order valence-corrected chi connectivity index (χ2v) is 6.38. The van der Waals surface area contributed by atoms with Gasteiger partial charge in [-0.3, -0.25) is 4.98 Å². The zero-order valence-corrected chi connectivity index (χ0v) is 11.6. The third-order valence-corrected chi connectivity index (χ3v) is 5.08. The monoisotopic (exact) mass is 232 g/mol. The van der Waals surface area contributed by atoms with Crippen molar-refractivity contribution in [1.82, 2.24) is 10.3 Å². The van der Waals surface area contributed by atoms with Crippen LogP contribution in [0.4, 0.5) is 0 Å². The Kier molecular flexibility index (Phi) is 3.03. The van der Waals surface area contributed by atoms with Crippen molar-refractivity contribution in [1.29, 1.82) is 0 Å². The molecule has 0 amide bonds. The fourth-order valence-electron chi connectivity index (χ4n) is 2.87. The molecule has 0 aliphatic heterocycles. The van der Waals surface area contributed by atoms with E-state index in [1.165, 1.54) is 0 Å². The zero-order chi connectivity index (χ0) is 12.7. The van der Waals surface area contributed by atoms with E-state index in [9.17, 15) is 0 Å². The Hall–Kier alpha value is -0.890. The van der Waals surface area contributed by atoms with E-state index < -0.39 is 0 Å². The van der Waals surface area contributed by atoms with Crippen molar-refractivity contribution < 1.29 is 0 Å². The summed E-state index contributed by atoms with van der Waals surface area (Å²) in [4.78, 5) is 4.39. The molecule has 0 saturated heterocycles. The average Bonchev–Trinajstić information content (AvgIpc) is 2.68. The summed E-state index contributed by atoms with van der Waals surface area (Å²) in [6.45, 7) is 12.7. The van der Waals surface area contributed by atoms with Gasteiger partial charge in [0.1, 0.15) is 0 Å². The average molecular weight is 232 g/mol. The number of hydrogen-bond acceptors (Lipinski definition) is 2. The number of hydrogen-bond donors (Lipinski definition) is 1. The van der Waals surface area contributed by atoms with Crippen molar-refractivity contribution in [3.63, 3.8) is 0 Å². The smallest absolute Gasteiger partial charge is 0.0570 e.